The normalized spacial score (nSPS) is 14.1. The Morgan fingerprint density at radius 3 is 2.59 bits per heavy atom. The topological polar surface area (TPSA) is 84.5 Å². The summed E-state index contributed by atoms with van der Waals surface area (Å²) in [6.45, 7) is 3.70. The van der Waals surface area contributed by atoms with Gasteiger partial charge in [0.2, 0.25) is 11.8 Å². The average molecular weight is 372 g/mol. The van der Waals surface area contributed by atoms with Crippen molar-refractivity contribution in [3.05, 3.63) is 41.5 Å². The van der Waals surface area contributed by atoms with Gasteiger partial charge in [-0.25, -0.2) is 4.79 Å². The van der Waals surface area contributed by atoms with Gasteiger partial charge in [-0.3, -0.25) is 9.59 Å². The largest absolute Gasteiger partial charge is 0.465 e. The summed E-state index contributed by atoms with van der Waals surface area (Å²) in [4.78, 5) is 36.7. The minimum Gasteiger partial charge on any atom is -0.465 e. The third-order valence-corrected chi connectivity index (χ3v) is 4.79. The van der Waals surface area contributed by atoms with Crippen molar-refractivity contribution in [1.29, 1.82) is 0 Å². The van der Waals surface area contributed by atoms with Gasteiger partial charge in [0.1, 0.15) is 5.41 Å². The molecule has 27 heavy (non-hydrogen) atoms. The number of methoxy groups -OCH3 is 1. The Hall–Kier alpha value is -2.63. The van der Waals surface area contributed by atoms with E-state index in [4.69, 9.17) is 0 Å². The summed E-state index contributed by atoms with van der Waals surface area (Å²) < 4.78 is 4.68. The second-order valence-electron chi connectivity index (χ2n) is 7.27. The lowest BCUT2D eigenvalue weighted by atomic mass is 9.90. The molecule has 6 nitrogen and oxygen atoms in total. The van der Waals surface area contributed by atoms with Gasteiger partial charge in [-0.05, 0) is 64.2 Å². The number of hydrogen-bond acceptors (Lipinski definition) is 4. The standard InChI is InChI=1S/C21H28N2O4/c1-21(2,19(25)22-13-12-15-8-5-4-6-9-15)20(26)23-17-11-7-10-16(14-17)18(24)27-3/h7-8,10-11,14H,4-6,9,12-13H2,1-3H3,(H,22,25)(H,23,26). The van der Waals surface area contributed by atoms with Crippen molar-refractivity contribution in [2.45, 2.75) is 46.0 Å². The predicted molar refractivity (Wildman–Crippen MR) is 104 cm³/mol. The number of anilines is 1. The van der Waals surface area contributed by atoms with Crippen molar-refractivity contribution in [3.8, 4) is 0 Å². The van der Waals surface area contributed by atoms with E-state index in [-0.39, 0.29) is 5.91 Å². The van der Waals surface area contributed by atoms with Crippen LogP contribution in [-0.4, -0.2) is 31.4 Å². The third-order valence-electron chi connectivity index (χ3n) is 4.79. The van der Waals surface area contributed by atoms with E-state index in [0.29, 0.717) is 17.8 Å². The fourth-order valence-corrected chi connectivity index (χ4v) is 2.92. The Kier molecular flexibility index (Phi) is 7.16. The van der Waals surface area contributed by atoms with E-state index < -0.39 is 17.3 Å². The summed E-state index contributed by atoms with van der Waals surface area (Å²) in [7, 11) is 1.30. The van der Waals surface area contributed by atoms with Crippen LogP contribution >= 0.6 is 0 Å². The van der Waals surface area contributed by atoms with Crippen LogP contribution in [0.1, 0.15) is 56.3 Å². The molecule has 0 fully saturated rings. The van der Waals surface area contributed by atoms with E-state index >= 15 is 0 Å². The molecule has 6 heteroatoms. The summed E-state index contributed by atoms with van der Waals surface area (Å²) in [5.41, 5.74) is 0.917. The van der Waals surface area contributed by atoms with Crippen LogP contribution in [0.4, 0.5) is 5.69 Å². The minimum atomic E-state index is -1.23. The van der Waals surface area contributed by atoms with E-state index in [9.17, 15) is 14.4 Å². The van der Waals surface area contributed by atoms with Crippen molar-refractivity contribution >= 4 is 23.5 Å². The maximum absolute atomic E-state index is 12.6. The molecule has 2 rings (SSSR count). The van der Waals surface area contributed by atoms with E-state index in [0.717, 1.165) is 19.3 Å². The van der Waals surface area contributed by atoms with Crippen LogP contribution in [0.15, 0.2) is 35.9 Å². The van der Waals surface area contributed by atoms with Crippen molar-refractivity contribution in [1.82, 2.24) is 5.32 Å². The average Bonchev–Trinajstić information content (AvgIpc) is 2.68. The number of allylic oxidation sites excluding steroid dienone is 1. The van der Waals surface area contributed by atoms with Crippen LogP contribution in [0.2, 0.25) is 0 Å². The quantitative estimate of drug-likeness (QED) is 0.436. The number of rotatable bonds is 7. The van der Waals surface area contributed by atoms with Gasteiger partial charge in [0, 0.05) is 12.2 Å². The van der Waals surface area contributed by atoms with Gasteiger partial charge in [0.25, 0.3) is 0 Å². The Balaban J connectivity index is 1.92. The third kappa shape index (κ3) is 5.67. The maximum Gasteiger partial charge on any atom is 0.337 e. The summed E-state index contributed by atoms with van der Waals surface area (Å²) in [5.74, 6) is -1.24. The zero-order chi connectivity index (χ0) is 19.9. The molecule has 0 bridgehead atoms. The monoisotopic (exact) mass is 372 g/mol. The Morgan fingerprint density at radius 1 is 1.15 bits per heavy atom. The molecular formula is C21H28N2O4. The Morgan fingerprint density at radius 2 is 1.93 bits per heavy atom. The number of esters is 1. The predicted octanol–water partition coefficient (Wildman–Crippen LogP) is 3.44. The molecule has 0 aliphatic heterocycles. The molecule has 146 valence electrons. The first kappa shape index (κ1) is 20.7. The molecule has 2 N–H and O–H groups in total. The smallest absolute Gasteiger partial charge is 0.337 e. The van der Waals surface area contributed by atoms with Crippen LogP contribution < -0.4 is 10.6 Å². The van der Waals surface area contributed by atoms with Gasteiger partial charge < -0.3 is 15.4 Å². The number of nitrogens with one attached hydrogen (secondary N) is 2. The number of amides is 2. The molecule has 0 unspecified atom stereocenters. The minimum absolute atomic E-state index is 0.319. The van der Waals surface area contributed by atoms with Crippen LogP contribution in [0.25, 0.3) is 0 Å². The molecule has 1 aliphatic rings. The second-order valence-corrected chi connectivity index (χ2v) is 7.27. The fraction of sp³-hybridized carbons (Fsp3) is 0.476. The lowest BCUT2D eigenvalue weighted by molar-refractivity contribution is -0.138. The molecule has 1 aliphatic carbocycles. The summed E-state index contributed by atoms with van der Waals surface area (Å²) >= 11 is 0. The summed E-state index contributed by atoms with van der Waals surface area (Å²) in [5, 5.41) is 5.56. The van der Waals surface area contributed by atoms with E-state index in [1.54, 1.807) is 32.0 Å². The Labute approximate surface area is 160 Å². The van der Waals surface area contributed by atoms with Crippen LogP contribution in [0, 0.1) is 5.41 Å². The molecule has 0 saturated heterocycles. The van der Waals surface area contributed by atoms with E-state index in [2.05, 4.69) is 21.4 Å². The van der Waals surface area contributed by atoms with Gasteiger partial charge in [0.05, 0.1) is 12.7 Å². The van der Waals surface area contributed by atoms with Gasteiger partial charge in [-0.2, -0.15) is 0 Å². The molecule has 1 aromatic carbocycles. The molecule has 0 aromatic heterocycles. The molecule has 2 amide bonds. The van der Waals surface area contributed by atoms with Gasteiger partial charge >= 0.3 is 5.97 Å². The first-order valence-electron chi connectivity index (χ1n) is 9.30. The van der Waals surface area contributed by atoms with E-state index in [1.165, 1.54) is 31.6 Å². The number of carbonyl (C=O) groups is 3. The highest BCUT2D eigenvalue weighted by molar-refractivity contribution is 6.10. The van der Waals surface area contributed by atoms with Crippen molar-refractivity contribution in [3.63, 3.8) is 0 Å². The molecule has 0 spiro atoms. The highest BCUT2D eigenvalue weighted by Gasteiger charge is 2.36. The zero-order valence-corrected chi connectivity index (χ0v) is 16.3. The van der Waals surface area contributed by atoms with Gasteiger partial charge in [-0.1, -0.05) is 17.7 Å². The number of ether oxygens (including phenoxy) is 1. The van der Waals surface area contributed by atoms with Crippen LogP contribution in [0.5, 0.6) is 0 Å². The summed E-state index contributed by atoms with van der Waals surface area (Å²) in [6, 6.07) is 6.42. The van der Waals surface area contributed by atoms with Crippen molar-refractivity contribution < 1.29 is 19.1 Å². The lowest BCUT2D eigenvalue weighted by Gasteiger charge is -2.23. The first-order chi connectivity index (χ1) is 12.8. The molecule has 0 heterocycles. The number of carbonyl (C=O) groups excluding carboxylic acids is 3. The van der Waals surface area contributed by atoms with E-state index in [1.807, 2.05) is 0 Å². The lowest BCUT2D eigenvalue weighted by Crippen LogP contribution is -2.45. The highest BCUT2D eigenvalue weighted by atomic mass is 16.5. The summed E-state index contributed by atoms with van der Waals surface area (Å²) in [6.07, 6.45) is 7.73. The highest BCUT2D eigenvalue weighted by Crippen LogP contribution is 2.22. The maximum atomic E-state index is 12.6. The Bertz CT molecular complexity index is 737. The number of hydrogen-bond donors (Lipinski definition) is 2. The first-order valence-corrected chi connectivity index (χ1v) is 9.30. The van der Waals surface area contributed by atoms with Gasteiger partial charge in [-0.15, -0.1) is 0 Å². The molecule has 1 aromatic rings. The van der Waals surface area contributed by atoms with Gasteiger partial charge in [0.15, 0.2) is 0 Å². The molecule has 0 atom stereocenters. The molecule has 0 saturated carbocycles. The van der Waals surface area contributed by atoms with Crippen molar-refractivity contribution in [2.24, 2.45) is 5.41 Å². The molecule has 0 radical (unpaired) electrons. The zero-order valence-electron chi connectivity index (χ0n) is 16.3. The van der Waals surface area contributed by atoms with Crippen molar-refractivity contribution in [2.75, 3.05) is 19.0 Å². The molecular weight excluding hydrogens is 344 g/mol. The SMILES string of the molecule is COC(=O)c1cccc(NC(=O)C(C)(C)C(=O)NCCC2=CCCCC2)c1. The second kappa shape index (κ2) is 9.35. The fourth-order valence-electron chi connectivity index (χ4n) is 2.92. The van der Waals surface area contributed by atoms with Crippen LogP contribution in [-0.2, 0) is 14.3 Å². The number of benzene rings is 1. The van der Waals surface area contributed by atoms with Crippen LogP contribution in [0.3, 0.4) is 0 Å².